The van der Waals surface area contributed by atoms with Crippen LogP contribution in [0.1, 0.15) is 12.8 Å². The average molecular weight is 475 g/mol. The van der Waals surface area contributed by atoms with E-state index < -0.39 is 10.7 Å². The minimum Gasteiger partial charge on any atom is -0.407 e. The lowest BCUT2D eigenvalue weighted by molar-refractivity contribution is -0.384. The van der Waals surface area contributed by atoms with Gasteiger partial charge in [-0.2, -0.15) is 0 Å². The van der Waals surface area contributed by atoms with Gasteiger partial charge in [0, 0.05) is 36.1 Å². The highest BCUT2D eigenvalue weighted by molar-refractivity contribution is 6.00. The number of hydrogen-bond donors (Lipinski definition) is 3. The lowest BCUT2D eigenvalue weighted by Crippen LogP contribution is -2.19. The number of carbonyl (C=O) groups excluding carboxylic acids is 2. The van der Waals surface area contributed by atoms with Gasteiger partial charge in [0.25, 0.3) is 5.69 Å². The Hall–Kier alpha value is -4.93. The summed E-state index contributed by atoms with van der Waals surface area (Å²) in [4.78, 5) is 46.8. The largest absolute Gasteiger partial charge is 0.419 e. The van der Waals surface area contributed by atoms with E-state index >= 15 is 0 Å². The highest BCUT2D eigenvalue weighted by atomic mass is 16.6. The van der Waals surface area contributed by atoms with Crippen LogP contribution in [-0.2, 0) is 11.3 Å². The van der Waals surface area contributed by atoms with Crippen molar-refractivity contribution in [1.82, 2.24) is 4.57 Å². The first-order valence-corrected chi connectivity index (χ1v) is 10.7. The molecule has 0 saturated carbocycles. The number of anilines is 3. The number of oxazole rings is 1. The number of rotatable bonds is 8. The number of nitrogens with one attached hydrogen (secondary N) is 3. The van der Waals surface area contributed by atoms with E-state index in [1.165, 1.54) is 22.8 Å². The molecule has 0 bridgehead atoms. The van der Waals surface area contributed by atoms with E-state index in [1.54, 1.807) is 36.4 Å². The smallest absolute Gasteiger partial charge is 0.407 e. The van der Waals surface area contributed by atoms with E-state index in [1.807, 2.05) is 18.2 Å². The number of aromatic nitrogens is 1. The zero-order chi connectivity index (χ0) is 24.8. The summed E-state index contributed by atoms with van der Waals surface area (Å²) in [5.74, 6) is -0.885. The number of para-hydroxylation sites is 1. The van der Waals surface area contributed by atoms with Crippen LogP contribution in [0, 0.1) is 10.1 Å². The fourth-order valence-corrected chi connectivity index (χ4v) is 3.45. The van der Waals surface area contributed by atoms with E-state index in [0.717, 1.165) is 0 Å². The molecule has 0 spiro atoms. The lowest BCUT2D eigenvalue weighted by Gasteiger charge is -2.09. The molecular weight excluding hydrogens is 454 g/mol. The number of benzene rings is 3. The number of aryl methyl sites for hydroxylation is 1. The van der Waals surface area contributed by atoms with E-state index in [-0.39, 0.29) is 36.2 Å². The maximum absolute atomic E-state index is 12.3. The standard InChI is InChI=1S/C24H21N5O6/c30-22(7-4-14-28-20-13-12-19(29(33)34)15-21(20)35-24(28)32)25-17-8-10-18(11-9-17)27-23(31)26-16-5-2-1-3-6-16/h1-3,5-6,8-13,15H,4,7,14H2,(H,25,30)(H2,26,27,31). The molecule has 3 N–H and O–H groups in total. The first kappa shape index (κ1) is 23.2. The number of non-ortho nitro benzene ring substituents is 1. The number of nitro benzene ring substituents is 1. The van der Waals surface area contributed by atoms with Crippen molar-refractivity contribution in [2.24, 2.45) is 0 Å². The molecule has 11 nitrogen and oxygen atoms in total. The maximum atomic E-state index is 12.3. The molecule has 178 valence electrons. The third-order valence-corrected chi connectivity index (χ3v) is 5.11. The Labute approximate surface area is 198 Å². The molecule has 0 fully saturated rings. The van der Waals surface area contributed by atoms with Gasteiger partial charge in [-0.1, -0.05) is 18.2 Å². The summed E-state index contributed by atoms with van der Waals surface area (Å²) < 4.78 is 6.42. The molecule has 0 aliphatic rings. The van der Waals surface area contributed by atoms with Crippen molar-refractivity contribution < 1.29 is 18.9 Å². The third kappa shape index (κ3) is 5.90. The van der Waals surface area contributed by atoms with Crippen molar-refractivity contribution >= 4 is 45.8 Å². The number of fused-ring (bicyclic) bond motifs is 1. The molecule has 1 aromatic heterocycles. The van der Waals surface area contributed by atoms with Crippen LogP contribution in [0.5, 0.6) is 0 Å². The van der Waals surface area contributed by atoms with E-state index in [4.69, 9.17) is 4.42 Å². The van der Waals surface area contributed by atoms with Crippen LogP contribution in [0.25, 0.3) is 11.1 Å². The van der Waals surface area contributed by atoms with Crippen molar-refractivity contribution in [2.75, 3.05) is 16.0 Å². The Bertz CT molecular complexity index is 1430. The van der Waals surface area contributed by atoms with Gasteiger partial charge in [-0.15, -0.1) is 0 Å². The Balaban J connectivity index is 1.27. The van der Waals surface area contributed by atoms with E-state index in [2.05, 4.69) is 16.0 Å². The third-order valence-electron chi connectivity index (χ3n) is 5.11. The minimum atomic E-state index is -0.639. The van der Waals surface area contributed by atoms with Crippen LogP contribution in [0.2, 0.25) is 0 Å². The Morgan fingerprint density at radius 2 is 1.51 bits per heavy atom. The van der Waals surface area contributed by atoms with Gasteiger partial charge in [0.15, 0.2) is 5.58 Å². The molecule has 0 aliphatic heterocycles. The first-order valence-electron chi connectivity index (χ1n) is 10.7. The summed E-state index contributed by atoms with van der Waals surface area (Å²) >= 11 is 0. The van der Waals surface area contributed by atoms with Crippen molar-refractivity contribution in [1.29, 1.82) is 0 Å². The van der Waals surface area contributed by atoms with Crippen LogP contribution < -0.4 is 21.7 Å². The molecule has 0 saturated heterocycles. The quantitative estimate of drug-likeness (QED) is 0.251. The minimum absolute atomic E-state index is 0.125. The fourth-order valence-electron chi connectivity index (χ4n) is 3.45. The number of amides is 3. The van der Waals surface area contributed by atoms with Gasteiger partial charge in [-0.25, -0.2) is 9.59 Å². The molecule has 11 heteroatoms. The second-order valence-corrected chi connectivity index (χ2v) is 7.60. The van der Waals surface area contributed by atoms with Crippen molar-refractivity contribution in [3.8, 4) is 0 Å². The van der Waals surface area contributed by atoms with Crippen molar-refractivity contribution in [3.05, 3.63) is 93.5 Å². The molecule has 35 heavy (non-hydrogen) atoms. The molecule has 0 aliphatic carbocycles. The predicted octanol–water partition coefficient (Wildman–Crippen LogP) is 4.57. The molecule has 3 amide bonds. The normalized spacial score (nSPS) is 10.6. The Morgan fingerprint density at radius 1 is 0.886 bits per heavy atom. The number of carbonyl (C=O) groups is 2. The zero-order valence-electron chi connectivity index (χ0n) is 18.4. The summed E-state index contributed by atoms with van der Waals surface area (Å²) in [6, 6.07) is 19.2. The molecule has 0 unspecified atom stereocenters. The maximum Gasteiger partial charge on any atom is 0.419 e. The second-order valence-electron chi connectivity index (χ2n) is 7.60. The monoisotopic (exact) mass is 475 g/mol. The molecule has 1 heterocycles. The topological polar surface area (TPSA) is 149 Å². The van der Waals surface area contributed by atoms with Crippen LogP contribution in [0.3, 0.4) is 0 Å². The van der Waals surface area contributed by atoms with Crippen LogP contribution in [0.15, 0.2) is 82.0 Å². The molecule has 4 rings (SSSR count). The summed E-state index contributed by atoms with van der Waals surface area (Å²) in [6.07, 6.45) is 0.502. The van der Waals surface area contributed by atoms with E-state index in [9.17, 15) is 24.5 Å². The SMILES string of the molecule is O=C(CCCn1c(=O)oc2cc([N+](=O)[O-])ccc21)Nc1ccc(NC(=O)Nc2ccccc2)cc1. The second kappa shape index (κ2) is 10.3. The average Bonchev–Trinajstić information content (AvgIpc) is 3.15. The highest BCUT2D eigenvalue weighted by Gasteiger charge is 2.14. The predicted molar refractivity (Wildman–Crippen MR) is 131 cm³/mol. The van der Waals surface area contributed by atoms with E-state index in [0.29, 0.717) is 29.0 Å². The molecule has 4 aromatic rings. The summed E-state index contributed by atoms with van der Waals surface area (Å²) in [5.41, 5.74) is 2.17. The van der Waals surface area contributed by atoms with Gasteiger partial charge >= 0.3 is 11.8 Å². The van der Waals surface area contributed by atoms with Crippen molar-refractivity contribution in [2.45, 2.75) is 19.4 Å². The number of nitro groups is 1. The van der Waals surface area contributed by atoms with Gasteiger partial charge in [0.2, 0.25) is 5.91 Å². The number of nitrogens with zero attached hydrogens (tertiary/aromatic N) is 2. The molecule has 0 radical (unpaired) electrons. The Morgan fingerprint density at radius 3 is 2.17 bits per heavy atom. The number of hydrogen-bond acceptors (Lipinski definition) is 6. The van der Waals surface area contributed by atoms with Gasteiger partial charge in [-0.3, -0.25) is 19.5 Å². The summed E-state index contributed by atoms with van der Waals surface area (Å²) in [5, 5.41) is 19.1. The molecule has 0 atom stereocenters. The molecule has 3 aromatic carbocycles. The van der Waals surface area contributed by atoms with Crippen LogP contribution >= 0.6 is 0 Å². The summed E-state index contributed by atoms with van der Waals surface area (Å²) in [6.45, 7) is 0.219. The van der Waals surface area contributed by atoms with Gasteiger partial charge in [0.1, 0.15) is 0 Å². The van der Waals surface area contributed by atoms with Gasteiger partial charge in [0.05, 0.1) is 16.5 Å². The summed E-state index contributed by atoms with van der Waals surface area (Å²) in [7, 11) is 0. The molecular formula is C24H21N5O6. The van der Waals surface area contributed by atoms with Crippen LogP contribution in [-0.4, -0.2) is 21.4 Å². The van der Waals surface area contributed by atoms with Gasteiger partial charge < -0.3 is 20.4 Å². The zero-order valence-corrected chi connectivity index (χ0v) is 18.4. The van der Waals surface area contributed by atoms with Crippen molar-refractivity contribution in [3.63, 3.8) is 0 Å². The Kier molecular flexibility index (Phi) is 6.86. The fraction of sp³-hybridized carbons (Fsp3) is 0.125. The lowest BCUT2D eigenvalue weighted by atomic mass is 10.2. The number of urea groups is 1. The first-order chi connectivity index (χ1) is 16.9. The van der Waals surface area contributed by atoms with Gasteiger partial charge in [-0.05, 0) is 48.9 Å². The highest BCUT2D eigenvalue weighted by Crippen LogP contribution is 2.20. The van der Waals surface area contributed by atoms with Crippen LogP contribution in [0.4, 0.5) is 27.5 Å².